The van der Waals surface area contributed by atoms with E-state index in [1.165, 1.54) is 0 Å². The van der Waals surface area contributed by atoms with Crippen molar-refractivity contribution in [3.05, 3.63) is 28.2 Å². The smallest absolute Gasteiger partial charge is 0.122 e. The van der Waals surface area contributed by atoms with Gasteiger partial charge in [-0.3, -0.25) is 0 Å². The molecule has 0 aliphatic heterocycles. The molecule has 0 radical (unpaired) electrons. The zero-order valence-electron chi connectivity index (χ0n) is 7.97. The first-order valence-corrected chi connectivity index (χ1v) is 5.20. The fraction of sp³-hybridized carbons (Fsp3) is 0.400. The molecule has 0 aliphatic carbocycles. The number of rotatable bonds is 4. The van der Waals surface area contributed by atoms with E-state index in [0.29, 0.717) is 22.3 Å². The molecule has 1 atom stereocenters. The summed E-state index contributed by atoms with van der Waals surface area (Å²) < 4.78 is 5.57. The monoisotopic (exact) mass is 233 g/mol. The number of nitrogens with two attached hydrogens (primary N) is 1. The Morgan fingerprint density at radius 2 is 1.86 bits per heavy atom. The van der Waals surface area contributed by atoms with E-state index in [9.17, 15) is 0 Å². The Bertz CT molecular complexity index is 284. The van der Waals surface area contributed by atoms with Crippen LogP contribution in [0.4, 0.5) is 0 Å². The van der Waals surface area contributed by atoms with E-state index in [1.54, 1.807) is 18.2 Å². The molecule has 14 heavy (non-hydrogen) atoms. The average molecular weight is 234 g/mol. The van der Waals surface area contributed by atoms with E-state index in [4.69, 9.17) is 33.7 Å². The molecule has 0 amide bonds. The van der Waals surface area contributed by atoms with E-state index >= 15 is 0 Å². The lowest BCUT2D eigenvalue weighted by Gasteiger charge is -2.13. The molecule has 0 saturated carbocycles. The van der Waals surface area contributed by atoms with Crippen LogP contribution in [0.1, 0.15) is 13.3 Å². The van der Waals surface area contributed by atoms with Gasteiger partial charge in [0, 0.05) is 10.0 Å². The molecule has 1 rings (SSSR count). The summed E-state index contributed by atoms with van der Waals surface area (Å²) in [6.45, 7) is 2.57. The number of ether oxygens (including phenoxy) is 1. The SMILES string of the molecule is CC(CCN)Oc1cc(Cl)cc(Cl)c1. The topological polar surface area (TPSA) is 35.2 Å². The van der Waals surface area contributed by atoms with Crippen LogP contribution < -0.4 is 10.5 Å². The maximum Gasteiger partial charge on any atom is 0.122 e. The van der Waals surface area contributed by atoms with E-state index in [-0.39, 0.29) is 6.10 Å². The van der Waals surface area contributed by atoms with Crippen molar-refractivity contribution in [1.29, 1.82) is 0 Å². The number of hydrogen-bond acceptors (Lipinski definition) is 2. The first-order valence-electron chi connectivity index (χ1n) is 4.44. The van der Waals surface area contributed by atoms with Crippen LogP contribution in [0.15, 0.2) is 18.2 Å². The minimum absolute atomic E-state index is 0.0783. The molecule has 4 heteroatoms. The Morgan fingerprint density at radius 3 is 2.36 bits per heavy atom. The summed E-state index contributed by atoms with van der Waals surface area (Å²) in [4.78, 5) is 0. The minimum Gasteiger partial charge on any atom is -0.491 e. The molecule has 0 aliphatic rings. The highest BCUT2D eigenvalue weighted by atomic mass is 35.5. The lowest BCUT2D eigenvalue weighted by molar-refractivity contribution is 0.214. The minimum atomic E-state index is 0.0783. The van der Waals surface area contributed by atoms with E-state index in [1.807, 2.05) is 6.92 Å². The molecule has 0 aromatic heterocycles. The third kappa shape index (κ3) is 3.74. The molecule has 2 nitrogen and oxygen atoms in total. The van der Waals surface area contributed by atoms with Crippen LogP contribution in [-0.2, 0) is 0 Å². The molecule has 1 unspecified atom stereocenters. The summed E-state index contributed by atoms with van der Waals surface area (Å²) in [6, 6.07) is 5.14. The number of halogens is 2. The summed E-state index contributed by atoms with van der Waals surface area (Å²) in [5.74, 6) is 0.684. The Morgan fingerprint density at radius 1 is 1.29 bits per heavy atom. The second-order valence-corrected chi connectivity index (χ2v) is 3.98. The molecule has 2 N–H and O–H groups in total. The van der Waals surface area contributed by atoms with Gasteiger partial charge in [0.2, 0.25) is 0 Å². The van der Waals surface area contributed by atoms with Gasteiger partial charge < -0.3 is 10.5 Å². The van der Waals surface area contributed by atoms with Gasteiger partial charge >= 0.3 is 0 Å². The maximum atomic E-state index is 5.82. The van der Waals surface area contributed by atoms with Gasteiger partial charge in [0.05, 0.1) is 6.10 Å². The third-order valence-electron chi connectivity index (χ3n) is 1.75. The van der Waals surface area contributed by atoms with E-state index in [0.717, 1.165) is 6.42 Å². The van der Waals surface area contributed by atoms with E-state index < -0.39 is 0 Å². The normalized spacial score (nSPS) is 12.6. The van der Waals surface area contributed by atoms with Crippen LogP contribution in [0.5, 0.6) is 5.75 Å². The summed E-state index contributed by atoms with van der Waals surface area (Å²) in [7, 11) is 0. The van der Waals surface area contributed by atoms with Gasteiger partial charge in [-0.15, -0.1) is 0 Å². The lowest BCUT2D eigenvalue weighted by atomic mass is 10.3. The van der Waals surface area contributed by atoms with Crippen LogP contribution in [0, 0.1) is 0 Å². The highest BCUT2D eigenvalue weighted by Gasteiger charge is 2.04. The molecular weight excluding hydrogens is 221 g/mol. The Kier molecular flexibility index (Phi) is 4.52. The van der Waals surface area contributed by atoms with Crippen LogP contribution in [-0.4, -0.2) is 12.6 Å². The molecule has 78 valence electrons. The van der Waals surface area contributed by atoms with Gasteiger partial charge in [-0.2, -0.15) is 0 Å². The largest absolute Gasteiger partial charge is 0.491 e. The fourth-order valence-corrected chi connectivity index (χ4v) is 1.63. The van der Waals surface area contributed by atoms with Crippen molar-refractivity contribution in [1.82, 2.24) is 0 Å². The summed E-state index contributed by atoms with van der Waals surface area (Å²) in [5.41, 5.74) is 5.41. The number of benzene rings is 1. The fourth-order valence-electron chi connectivity index (χ4n) is 1.12. The van der Waals surface area contributed by atoms with Crippen LogP contribution >= 0.6 is 23.2 Å². The van der Waals surface area contributed by atoms with Crippen molar-refractivity contribution in [2.75, 3.05) is 6.54 Å². The molecule has 0 saturated heterocycles. The highest BCUT2D eigenvalue weighted by Crippen LogP contribution is 2.25. The predicted molar refractivity (Wildman–Crippen MR) is 60.2 cm³/mol. The average Bonchev–Trinajstić information content (AvgIpc) is 2.01. The zero-order chi connectivity index (χ0) is 10.6. The quantitative estimate of drug-likeness (QED) is 0.868. The second-order valence-electron chi connectivity index (χ2n) is 3.11. The molecule has 0 fully saturated rings. The summed E-state index contributed by atoms with van der Waals surface area (Å²) in [5, 5.41) is 1.15. The second kappa shape index (κ2) is 5.44. The van der Waals surface area contributed by atoms with Gasteiger partial charge in [0.1, 0.15) is 5.75 Å². The van der Waals surface area contributed by atoms with Crippen molar-refractivity contribution >= 4 is 23.2 Å². The Hall–Kier alpha value is -0.440. The van der Waals surface area contributed by atoms with Crippen molar-refractivity contribution in [3.63, 3.8) is 0 Å². The first kappa shape index (κ1) is 11.6. The van der Waals surface area contributed by atoms with E-state index in [2.05, 4.69) is 0 Å². The predicted octanol–water partition coefficient (Wildman–Crippen LogP) is 3.11. The third-order valence-corrected chi connectivity index (χ3v) is 2.18. The maximum absolute atomic E-state index is 5.82. The van der Waals surface area contributed by atoms with Gasteiger partial charge in [0.15, 0.2) is 0 Å². The van der Waals surface area contributed by atoms with Crippen molar-refractivity contribution in [2.45, 2.75) is 19.4 Å². The molecule has 1 aromatic carbocycles. The highest BCUT2D eigenvalue weighted by molar-refractivity contribution is 6.34. The Labute approximate surface area is 94.0 Å². The van der Waals surface area contributed by atoms with Crippen LogP contribution in [0.3, 0.4) is 0 Å². The van der Waals surface area contributed by atoms with Gasteiger partial charge in [-0.1, -0.05) is 23.2 Å². The summed E-state index contributed by atoms with van der Waals surface area (Å²) in [6.07, 6.45) is 0.888. The van der Waals surface area contributed by atoms with Gasteiger partial charge in [-0.25, -0.2) is 0 Å². The van der Waals surface area contributed by atoms with Crippen LogP contribution in [0.25, 0.3) is 0 Å². The van der Waals surface area contributed by atoms with Crippen molar-refractivity contribution < 1.29 is 4.74 Å². The Balaban J connectivity index is 2.66. The lowest BCUT2D eigenvalue weighted by Crippen LogP contribution is -2.16. The zero-order valence-corrected chi connectivity index (χ0v) is 9.48. The van der Waals surface area contributed by atoms with Crippen LogP contribution in [0.2, 0.25) is 10.0 Å². The molecule has 1 aromatic rings. The van der Waals surface area contributed by atoms with Gasteiger partial charge in [-0.05, 0) is 38.1 Å². The molecule has 0 spiro atoms. The standard InChI is InChI=1S/C10H13Cl2NO/c1-7(2-3-13)14-10-5-8(11)4-9(12)6-10/h4-7H,2-3,13H2,1H3. The molecule has 0 heterocycles. The first-order chi connectivity index (χ1) is 6.61. The van der Waals surface area contributed by atoms with Crippen molar-refractivity contribution in [3.8, 4) is 5.75 Å². The molecule has 0 bridgehead atoms. The van der Waals surface area contributed by atoms with Gasteiger partial charge in [0.25, 0.3) is 0 Å². The van der Waals surface area contributed by atoms with Crippen molar-refractivity contribution in [2.24, 2.45) is 5.73 Å². The summed E-state index contributed by atoms with van der Waals surface area (Å²) >= 11 is 11.6. The molecular formula is C10H13Cl2NO. The number of hydrogen-bond donors (Lipinski definition) is 1.